The zero-order chi connectivity index (χ0) is 6.41. The highest BCUT2D eigenvalue weighted by Crippen LogP contribution is 1.84. The van der Waals surface area contributed by atoms with Crippen molar-refractivity contribution in [3.8, 4) is 0 Å². The Labute approximate surface area is 49.6 Å². The van der Waals surface area contributed by atoms with Gasteiger partial charge in [0, 0.05) is 0 Å². The van der Waals surface area contributed by atoms with Gasteiger partial charge in [-0.3, -0.25) is 0 Å². The van der Waals surface area contributed by atoms with E-state index in [4.69, 9.17) is 0 Å². The Bertz CT molecular complexity index is 66.9. The average molecular weight is 117 g/mol. The summed E-state index contributed by atoms with van der Waals surface area (Å²) >= 11 is 0. The van der Waals surface area contributed by atoms with Crippen LogP contribution in [0, 0.1) is 0 Å². The molecule has 1 nitrogen and oxygen atoms in total. The van der Waals surface area contributed by atoms with Gasteiger partial charge >= 0.3 is 0 Å². The number of hydrogen-bond donors (Lipinski definition) is 1. The minimum absolute atomic E-state index is 0.0972. The highest BCUT2D eigenvalue weighted by atomic mass is 19.1. The molecule has 8 heavy (non-hydrogen) atoms. The summed E-state index contributed by atoms with van der Waals surface area (Å²) in [5.74, 6) is 0. The molecule has 1 N–H and O–H groups in total. The molecule has 0 aliphatic carbocycles. The number of nitrogens with one attached hydrogen (secondary N) is 1. The second-order valence-electron chi connectivity index (χ2n) is 1.58. The third-order valence-corrected chi connectivity index (χ3v) is 0.962. The summed E-state index contributed by atoms with van der Waals surface area (Å²) in [4.78, 5) is 0. The molecule has 1 atom stereocenters. The maximum absolute atomic E-state index is 11.7. The fourth-order valence-electron chi connectivity index (χ4n) is 0.457. The van der Waals surface area contributed by atoms with E-state index in [0.29, 0.717) is 0 Å². The van der Waals surface area contributed by atoms with Gasteiger partial charge in [-0.05, 0) is 14.0 Å². The van der Waals surface area contributed by atoms with Crippen LogP contribution in [-0.2, 0) is 0 Å². The second kappa shape index (κ2) is 4.78. The Kier molecular flexibility index (Phi) is 4.56. The molecule has 0 saturated heterocycles. The molecular formula is C6H12FN. The first-order valence-electron chi connectivity index (χ1n) is 2.71. The SMILES string of the molecule is C/C=C\[C@@H](CF)NC. The maximum Gasteiger partial charge on any atom is 0.108 e. The zero-order valence-electron chi connectivity index (χ0n) is 5.32. The first-order valence-corrected chi connectivity index (χ1v) is 2.71. The number of hydrogen-bond acceptors (Lipinski definition) is 1. The van der Waals surface area contributed by atoms with Crippen LogP contribution in [0.5, 0.6) is 0 Å². The molecule has 0 aromatic carbocycles. The summed E-state index contributed by atoms with van der Waals surface area (Å²) in [6, 6.07) is -0.0972. The predicted molar refractivity (Wildman–Crippen MR) is 33.6 cm³/mol. The zero-order valence-corrected chi connectivity index (χ0v) is 5.32. The molecule has 0 spiro atoms. The van der Waals surface area contributed by atoms with Gasteiger partial charge in [-0.15, -0.1) is 0 Å². The minimum Gasteiger partial charge on any atom is -0.311 e. The van der Waals surface area contributed by atoms with Gasteiger partial charge in [-0.25, -0.2) is 4.39 Å². The summed E-state index contributed by atoms with van der Waals surface area (Å²) in [6.07, 6.45) is 3.63. The Morgan fingerprint density at radius 1 is 1.75 bits per heavy atom. The first-order chi connectivity index (χ1) is 3.85. The van der Waals surface area contributed by atoms with Gasteiger partial charge in [0.15, 0.2) is 0 Å². The molecule has 0 aromatic heterocycles. The van der Waals surface area contributed by atoms with Gasteiger partial charge in [0.1, 0.15) is 6.67 Å². The van der Waals surface area contributed by atoms with E-state index in [-0.39, 0.29) is 12.7 Å². The number of allylic oxidation sites excluding steroid dienone is 1. The van der Waals surface area contributed by atoms with Crippen LogP contribution < -0.4 is 5.32 Å². The molecule has 0 aliphatic heterocycles. The van der Waals surface area contributed by atoms with Gasteiger partial charge in [0.25, 0.3) is 0 Å². The molecule has 0 amide bonds. The Morgan fingerprint density at radius 2 is 2.38 bits per heavy atom. The number of halogens is 1. The summed E-state index contributed by atoms with van der Waals surface area (Å²) < 4.78 is 11.7. The molecule has 48 valence electrons. The van der Waals surface area contributed by atoms with E-state index in [1.54, 1.807) is 13.1 Å². The molecule has 2 heteroatoms. The quantitative estimate of drug-likeness (QED) is 0.546. The van der Waals surface area contributed by atoms with Crippen molar-refractivity contribution in [1.29, 1.82) is 0 Å². The summed E-state index contributed by atoms with van der Waals surface area (Å²) in [5, 5.41) is 2.79. The first kappa shape index (κ1) is 7.63. The van der Waals surface area contributed by atoms with E-state index >= 15 is 0 Å². The van der Waals surface area contributed by atoms with Gasteiger partial charge in [-0.2, -0.15) is 0 Å². The van der Waals surface area contributed by atoms with Crippen molar-refractivity contribution < 1.29 is 4.39 Å². The highest BCUT2D eigenvalue weighted by molar-refractivity contribution is 4.89. The smallest absolute Gasteiger partial charge is 0.108 e. The minimum atomic E-state index is -0.332. The summed E-state index contributed by atoms with van der Waals surface area (Å²) in [7, 11) is 1.74. The molecule has 0 aromatic rings. The van der Waals surface area contributed by atoms with Crippen LogP contribution in [0.4, 0.5) is 4.39 Å². The van der Waals surface area contributed by atoms with Crippen LogP contribution in [0.15, 0.2) is 12.2 Å². The monoisotopic (exact) mass is 117 g/mol. The van der Waals surface area contributed by atoms with Crippen LogP contribution in [0.3, 0.4) is 0 Å². The fraction of sp³-hybridized carbons (Fsp3) is 0.667. The Hall–Kier alpha value is -0.370. The lowest BCUT2D eigenvalue weighted by molar-refractivity contribution is 0.433. The third kappa shape index (κ3) is 2.75. The lowest BCUT2D eigenvalue weighted by Gasteiger charge is -2.03. The van der Waals surface area contributed by atoms with E-state index in [0.717, 1.165) is 0 Å². The topological polar surface area (TPSA) is 12.0 Å². The van der Waals surface area contributed by atoms with Crippen molar-refractivity contribution in [1.82, 2.24) is 5.32 Å². The van der Waals surface area contributed by atoms with Crippen LogP contribution in [0.1, 0.15) is 6.92 Å². The molecule has 0 aliphatic rings. The van der Waals surface area contributed by atoms with Gasteiger partial charge < -0.3 is 5.32 Å². The lowest BCUT2D eigenvalue weighted by atomic mass is 10.3. The van der Waals surface area contributed by atoms with Crippen molar-refractivity contribution in [3.63, 3.8) is 0 Å². The molecular weight excluding hydrogens is 105 g/mol. The highest BCUT2D eigenvalue weighted by Gasteiger charge is 1.95. The van der Waals surface area contributed by atoms with Crippen molar-refractivity contribution >= 4 is 0 Å². The van der Waals surface area contributed by atoms with Crippen LogP contribution >= 0.6 is 0 Å². The van der Waals surface area contributed by atoms with Gasteiger partial charge in [0.2, 0.25) is 0 Å². The van der Waals surface area contributed by atoms with Crippen molar-refractivity contribution in [3.05, 3.63) is 12.2 Å². The van der Waals surface area contributed by atoms with E-state index in [2.05, 4.69) is 5.32 Å². The van der Waals surface area contributed by atoms with Crippen LogP contribution in [0.25, 0.3) is 0 Å². The van der Waals surface area contributed by atoms with Gasteiger partial charge in [-0.1, -0.05) is 12.2 Å². The van der Waals surface area contributed by atoms with E-state index in [1.165, 1.54) is 0 Å². The third-order valence-electron chi connectivity index (χ3n) is 0.962. The molecule has 0 heterocycles. The van der Waals surface area contributed by atoms with E-state index in [1.807, 2.05) is 13.0 Å². The van der Waals surface area contributed by atoms with E-state index in [9.17, 15) is 4.39 Å². The fourth-order valence-corrected chi connectivity index (χ4v) is 0.457. The molecule has 0 saturated carbocycles. The van der Waals surface area contributed by atoms with E-state index < -0.39 is 0 Å². The molecule has 0 bridgehead atoms. The number of likely N-dealkylation sites (N-methyl/N-ethyl adjacent to an activating group) is 1. The number of rotatable bonds is 3. The Balaban J connectivity index is 3.36. The predicted octanol–water partition coefficient (Wildman–Crippen LogP) is 1.12. The Morgan fingerprint density at radius 3 is 2.50 bits per heavy atom. The largest absolute Gasteiger partial charge is 0.311 e. The maximum atomic E-state index is 11.7. The molecule has 0 rings (SSSR count). The van der Waals surface area contributed by atoms with Crippen molar-refractivity contribution in [2.75, 3.05) is 13.7 Å². The average Bonchev–Trinajstić information content (AvgIpc) is 1.83. The van der Waals surface area contributed by atoms with Crippen molar-refractivity contribution in [2.45, 2.75) is 13.0 Å². The number of alkyl halides is 1. The summed E-state index contributed by atoms with van der Waals surface area (Å²) in [6.45, 7) is 1.54. The van der Waals surface area contributed by atoms with Crippen molar-refractivity contribution in [2.24, 2.45) is 0 Å². The summed E-state index contributed by atoms with van der Waals surface area (Å²) in [5.41, 5.74) is 0. The molecule has 0 radical (unpaired) electrons. The standard InChI is InChI=1S/C6H12FN/c1-3-4-6(5-7)8-2/h3-4,6,8H,5H2,1-2H3/b4-3-/t6-/m0/s1. The second-order valence-corrected chi connectivity index (χ2v) is 1.58. The van der Waals surface area contributed by atoms with Crippen LogP contribution in [-0.4, -0.2) is 19.8 Å². The lowest BCUT2D eigenvalue weighted by Crippen LogP contribution is -2.24. The van der Waals surface area contributed by atoms with Gasteiger partial charge in [0.05, 0.1) is 6.04 Å². The normalized spacial score (nSPS) is 14.9. The molecule has 0 unspecified atom stereocenters. The van der Waals surface area contributed by atoms with Crippen LogP contribution in [0.2, 0.25) is 0 Å². The molecule has 0 fully saturated rings.